The highest BCUT2D eigenvalue weighted by Crippen LogP contribution is 2.33. The predicted octanol–water partition coefficient (Wildman–Crippen LogP) is 4.12. The maximum atomic E-state index is 14.1. The second-order valence-corrected chi connectivity index (χ2v) is 8.15. The summed E-state index contributed by atoms with van der Waals surface area (Å²) in [5, 5.41) is 0. The Labute approximate surface area is 180 Å². The van der Waals surface area contributed by atoms with Crippen molar-refractivity contribution in [2.75, 3.05) is 32.7 Å². The molecule has 0 aromatic heterocycles. The number of aliphatic imine (C=N–C) groups is 1. The molecule has 1 aromatic carbocycles. The molecule has 31 heavy (non-hydrogen) atoms. The number of likely N-dealkylation sites (tertiary alicyclic amines) is 1. The summed E-state index contributed by atoms with van der Waals surface area (Å²) in [7, 11) is 0. The van der Waals surface area contributed by atoms with Crippen molar-refractivity contribution < 1.29 is 22.7 Å². The first kappa shape index (κ1) is 23.2. The number of allylic oxidation sites excluding steroid dienone is 2. The number of carbonyl (C=O) groups excluding carboxylic acids is 1. The number of rotatable bonds is 6. The number of ether oxygens (including phenoxy) is 1. The van der Waals surface area contributed by atoms with Gasteiger partial charge >= 0.3 is 0 Å². The number of piperidine rings is 1. The second kappa shape index (κ2) is 9.78. The van der Waals surface area contributed by atoms with Crippen molar-refractivity contribution in [3.63, 3.8) is 0 Å². The molecule has 1 unspecified atom stereocenters. The Kier molecular flexibility index (Phi) is 7.33. The Morgan fingerprint density at radius 2 is 2.06 bits per heavy atom. The van der Waals surface area contributed by atoms with Gasteiger partial charge in [-0.1, -0.05) is 12.6 Å². The van der Waals surface area contributed by atoms with E-state index in [2.05, 4.69) is 23.2 Å². The molecule has 0 aliphatic carbocycles. The van der Waals surface area contributed by atoms with E-state index in [1.807, 2.05) is 6.92 Å². The van der Waals surface area contributed by atoms with Crippen molar-refractivity contribution in [1.82, 2.24) is 9.80 Å². The van der Waals surface area contributed by atoms with Crippen LogP contribution in [0.2, 0.25) is 0 Å². The number of amides is 1. The Bertz CT molecular complexity index is 879. The van der Waals surface area contributed by atoms with Gasteiger partial charge in [0, 0.05) is 32.6 Å². The molecule has 168 valence electrons. The lowest BCUT2D eigenvalue weighted by atomic mass is 9.88. The maximum Gasteiger partial charge on any atom is 0.257 e. The molecule has 0 bridgehead atoms. The van der Waals surface area contributed by atoms with Gasteiger partial charge in [-0.05, 0) is 44.7 Å². The average Bonchev–Trinajstić information content (AvgIpc) is 2.76. The zero-order valence-corrected chi connectivity index (χ0v) is 17.7. The summed E-state index contributed by atoms with van der Waals surface area (Å²) in [6.45, 7) is 11.4. The highest BCUT2D eigenvalue weighted by molar-refractivity contribution is 5.94. The van der Waals surface area contributed by atoms with Crippen LogP contribution in [0, 0.1) is 11.6 Å². The van der Waals surface area contributed by atoms with Crippen molar-refractivity contribution in [2.45, 2.75) is 37.9 Å². The molecule has 2 saturated heterocycles. The van der Waals surface area contributed by atoms with Crippen molar-refractivity contribution in [1.29, 1.82) is 0 Å². The first-order chi connectivity index (χ1) is 14.8. The molecule has 2 fully saturated rings. The van der Waals surface area contributed by atoms with Gasteiger partial charge in [0.05, 0.1) is 29.5 Å². The Morgan fingerprint density at radius 1 is 1.35 bits per heavy atom. The van der Waals surface area contributed by atoms with Gasteiger partial charge in [0.15, 0.2) is 11.6 Å². The Morgan fingerprint density at radius 3 is 2.71 bits per heavy atom. The van der Waals surface area contributed by atoms with Crippen LogP contribution in [0.25, 0.3) is 0 Å². The smallest absolute Gasteiger partial charge is 0.257 e. The minimum atomic E-state index is -1.12. The van der Waals surface area contributed by atoms with Crippen molar-refractivity contribution in [3.8, 4) is 0 Å². The van der Waals surface area contributed by atoms with Crippen LogP contribution in [0.5, 0.6) is 0 Å². The van der Waals surface area contributed by atoms with Crippen molar-refractivity contribution >= 4 is 12.6 Å². The van der Waals surface area contributed by atoms with Crippen LogP contribution in [-0.2, 0) is 4.74 Å². The third kappa shape index (κ3) is 5.25. The SMILES string of the molecule is C=C/C(F)=C(/CCN1CCC2(CC1)CN(C(=O)c1cccc(F)c1F)CC(C)O2)N=C. The first-order valence-electron chi connectivity index (χ1n) is 10.4. The van der Waals surface area contributed by atoms with Gasteiger partial charge < -0.3 is 14.5 Å². The predicted molar refractivity (Wildman–Crippen MR) is 114 cm³/mol. The molecule has 0 radical (unpaired) electrons. The summed E-state index contributed by atoms with van der Waals surface area (Å²) in [5.41, 5.74) is -0.510. The zero-order chi connectivity index (χ0) is 22.6. The molecule has 1 aromatic rings. The third-order valence-electron chi connectivity index (χ3n) is 5.95. The van der Waals surface area contributed by atoms with E-state index < -0.39 is 29.0 Å². The van der Waals surface area contributed by atoms with Crippen molar-refractivity contribution in [2.24, 2.45) is 4.99 Å². The zero-order valence-electron chi connectivity index (χ0n) is 17.7. The molecular formula is C23H28F3N3O2. The second-order valence-electron chi connectivity index (χ2n) is 8.15. The normalized spacial score (nSPS) is 22.2. The number of morpholine rings is 1. The molecule has 8 heteroatoms. The fourth-order valence-electron chi connectivity index (χ4n) is 4.33. The Hall–Kier alpha value is -2.45. The topological polar surface area (TPSA) is 45.1 Å². The molecule has 2 aliphatic heterocycles. The van der Waals surface area contributed by atoms with Crippen LogP contribution in [0.15, 0.2) is 47.4 Å². The van der Waals surface area contributed by atoms with Gasteiger partial charge in [0.25, 0.3) is 5.91 Å². The minimum absolute atomic E-state index is 0.220. The third-order valence-corrected chi connectivity index (χ3v) is 5.95. The molecule has 2 heterocycles. The summed E-state index contributed by atoms with van der Waals surface area (Å²) in [5.74, 6) is -3.15. The molecule has 1 amide bonds. The first-order valence-corrected chi connectivity index (χ1v) is 10.4. The number of carbonyl (C=O) groups is 1. The number of nitrogens with zero attached hydrogens (tertiary/aromatic N) is 3. The van der Waals surface area contributed by atoms with Gasteiger partial charge in [-0.25, -0.2) is 13.2 Å². The van der Waals surface area contributed by atoms with Crippen LogP contribution < -0.4 is 0 Å². The van der Waals surface area contributed by atoms with E-state index in [9.17, 15) is 18.0 Å². The summed E-state index contributed by atoms with van der Waals surface area (Å²) >= 11 is 0. The summed E-state index contributed by atoms with van der Waals surface area (Å²) in [6, 6.07) is 3.63. The van der Waals surface area contributed by atoms with E-state index >= 15 is 0 Å². The number of benzene rings is 1. The van der Waals surface area contributed by atoms with E-state index in [0.29, 0.717) is 52.0 Å². The summed E-state index contributed by atoms with van der Waals surface area (Å²) in [4.78, 5) is 20.4. The van der Waals surface area contributed by atoms with E-state index in [1.54, 1.807) is 4.90 Å². The van der Waals surface area contributed by atoms with Gasteiger partial charge in [-0.3, -0.25) is 9.79 Å². The van der Waals surface area contributed by atoms with Gasteiger partial charge in [0.2, 0.25) is 0 Å². The molecule has 3 rings (SSSR count). The summed E-state index contributed by atoms with van der Waals surface area (Å²) in [6.07, 6.45) is 2.69. The van der Waals surface area contributed by atoms with E-state index in [0.717, 1.165) is 12.1 Å². The Balaban J connectivity index is 1.64. The van der Waals surface area contributed by atoms with E-state index in [-0.39, 0.29) is 17.4 Å². The maximum absolute atomic E-state index is 14.1. The van der Waals surface area contributed by atoms with E-state index in [4.69, 9.17) is 4.74 Å². The highest BCUT2D eigenvalue weighted by Gasteiger charge is 2.43. The monoisotopic (exact) mass is 435 g/mol. The number of halogens is 3. The fourth-order valence-corrected chi connectivity index (χ4v) is 4.33. The molecule has 0 saturated carbocycles. The minimum Gasteiger partial charge on any atom is -0.368 e. The van der Waals surface area contributed by atoms with Crippen LogP contribution >= 0.6 is 0 Å². The quantitative estimate of drug-likeness (QED) is 0.499. The van der Waals surface area contributed by atoms with Gasteiger partial charge in [-0.2, -0.15) is 0 Å². The largest absolute Gasteiger partial charge is 0.368 e. The van der Waals surface area contributed by atoms with Crippen LogP contribution in [0.3, 0.4) is 0 Å². The average molecular weight is 435 g/mol. The van der Waals surface area contributed by atoms with Gasteiger partial charge in [0.1, 0.15) is 5.83 Å². The number of hydrogen-bond donors (Lipinski definition) is 0. The molecule has 1 atom stereocenters. The van der Waals surface area contributed by atoms with Crippen LogP contribution in [0.1, 0.15) is 36.5 Å². The highest BCUT2D eigenvalue weighted by atomic mass is 19.2. The van der Waals surface area contributed by atoms with Crippen molar-refractivity contribution in [3.05, 3.63) is 59.6 Å². The lowest BCUT2D eigenvalue weighted by Crippen LogP contribution is -2.60. The lowest BCUT2D eigenvalue weighted by Gasteiger charge is -2.49. The van der Waals surface area contributed by atoms with E-state index in [1.165, 1.54) is 12.1 Å². The number of hydrogen-bond acceptors (Lipinski definition) is 4. The summed E-state index contributed by atoms with van der Waals surface area (Å²) < 4.78 is 47.7. The van der Waals surface area contributed by atoms with Crippen LogP contribution in [-0.4, -0.2) is 66.9 Å². The molecule has 5 nitrogen and oxygen atoms in total. The molecule has 2 aliphatic rings. The lowest BCUT2D eigenvalue weighted by molar-refractivity contribution is -0.161. The standard InChI is InChI=1S/C23H28F3N3O2/c1-4-18(24)20(27-3)8-11-28-12-9-23(10-13-28)15-29(14-16(2)31-23)22(30)17-6-5-7-19(25)21(17)26/h4-7,16H,1,3,8-15H2,2H3/b20-18+. The van der Waals surface area contributed by atoms with Gasteiger partial charge in [-0.15, -0.1) is 0 Å². The molecule has 0 N–H and O–H groups in total. The molecule has 1 spiro atoms. The molecular weight excluding hydrogens is 407 g/mol. The van der Waals surface area contributed by atoms with Crippen LogP contribution in [0.4, 0.5) is 13.2 Å². The fraction of sp³-hybridized carbons (Fsp3) is 0.478.